The van der Waals surface area contributed by atoms with Crippen LogP contribution in [0.25, 0.3) is 16.8 Å². The number of halogens is 1. The van der Waals surface area contributed by atoms with Crippen LogP contribution in [0.1, 0.15) is 29.2 Å². The fourth-order valence-corrected chi connectivity index (χ4v) is 6.13. The van der Waals surface area contributed by atoms with Crippen molar-refractivity contribution in [1.82, 2.24) is 5.32 Å². The highest BCUT2D eigenvalue weighted by Gasteiger charge is 2.37. The SMILES string of the molecule is CCOc1cc(/C=C2\C(=O)NC(=O)N(c3ccc(OCc4ccccc4)cc3)C2=O)cc(I)c1OCc1c(C)ccc2ccccc12. The van der Waals surface area contributed by atoms with E-state index in [-0.39, 0.29) is 5.57 Å². The van der Waals surface area contributed by atoms with Gasteiger partial charge in [0, 0.05) is 5.56 Å². The van der Waals surface area contributed by atoms with Crippen molar-refractivity contribution in [1.29, 1.82) is 0 Å². The summed E-state index contributed by atoms with van der Waals surface area (Å²) in [5.41, 5.74) is 3.87. The van der Waals surface area contributed by atoms with Crippen molar-refractivity contribution in [2.75, 3.05) is 11.5 Å². The van der Waals surface area contributed by atoms with Gasteiger partial charge in [0.05, 0.1) is 15.9 Å². The van der Waals surface area contributed by atoms with Crippen molar-refractivity contribution in [2.45, 2.75) is 27.1 Å². The number of carbonyl (C=O) groups is 3. The zero-order chi connectivity index (χ0) is 32.9. The lowest BCUT2D eigenvalue weighted by molar-refractivity contribution is -0.122. The standard InChI is InChI=1S/C38H31IN2O6/c1-3-45-34-21-26(20-33(39)35(34)47-23-32-24(2)13-14-27-11-7-8-12-30(27)32)19-31-36(42)40-38(44)41(37(31)43)28-15-17-29(18-16-28)46-22-25-9-5-4-6-10-25/h4-21H,3,22-23H2,1-2H3,(H,40,42,44)/b31-19+. The number of ether oxygens (including phenoxy) is 3. The van der Waals surface area contributed by atoms with E-state index in [0.717, 1.165) is 35.9 Å². The first-order chi connectivity index (χ1) is 22.8. The summed E-state index contributed by atoms with van der Waals surface area (Å²) < 4.78 is 18.9. The number of rotatable bonds is 10. The van der Waals surface area contributed by atoms with E-state index >= 15 is 0 Å². The maximum Gasteiger partial charge on any atom is 0.335 e. The van der Waals surface area contributed by atoms with Crippen LogP contribution in [0, 0.1) is 10.5 Å². The largest absolute Gasteiger partial charge is 0.490 e. The predicted molar refractivity (Wildman–Crippen MR) is 190 cm³/mol. The van der Waals surface area contributed by atoms with E-state index in [2.05, 4.69) is 59.1 Å². The van der Waals surface area contributed by atoms with Gasteiger partial charge in [-0.1, -0.05) is 66.7 Å². The molecule has 5 aromatic carbocycles. The molecule has 0 saturated carbocycles. The van der Waals surface area contributed by atoms with E-state index in [1.807, 2.05) is 55.5 Å². The average molecular weight is 739 g/mol. The minimum absolute atomic E-state index is 0.188. The first kappa shape index (κ1) is 31.8. The molecule has 5 aromatic rings. The summed E-state index contributed by atoms with van der Waals surface area (Å²) in [6.07, 6.45) is 1.46. The third kappa shape index (κ3) is 7.00. The van der Waals surface area contributed by atoms with Crippen LogP contribution in [0.5, 0.6) is 17.2 Å². The third-order valence-corrected chi connectivity index (χ3v) is 8.52. The molecule has 1 fully saturated rings. The van der Waals surface area contributed by atoms with Crippen molar-refractivity contribution in [3.8, 4) is 17.2 Å². The van der Waals surface area contributed by atoms with Gasteiger partial charge < -0.3 is 14.2 Å². The Kier molecular flexibility index (Phi) is 9.53. The van der Waals surface area contributed by atoms with Crippen molar-refractivity contribution in [2.24, 2.45) is 0 Å². The van der Waals surface area contributed by atoms with Crippen molar-refractivity contribution in [3.63, 3.8) is 0 Å². The summed E-state index contributed by atoms with van der Waals surface area (Å²) in [4.78, 5) is 40.3. The number of aryl methyl sites for hydroxylation is 1. The van der Waals surface area contributed by atoms with Crippen LogP contribution in [0.4, 0.5) is 10.5 Å². The van der Waals surface area contributed by atoms with Gasteiger partial charge in [0.1, 0.15) is 24.5 Å². The molecule has 1 aliphatic rings. The summed E-state index contributed by atoms with van der Waals surface area (Å²) >= 11 is 2.16. The maximum absolute atomic E-state index is 13.6. The summed E-state index contributed by atoms with van der Waals surface area (Å²) in [5.74, 6) is 0.0973. The van der Waals surface area contributed by atoms with E-state index in [9.17, 15) is 14.4 Å². The number of imide groups is 2. The number of nitrogens with zero attached hydrogens (tertiary/aromatic N) is 1. The summed E-state index contributed by atoms with van der Waals surface area (Å²) in [6, 6.07) is 31.3. The molecule has 6 rings (SSSR count). The van der Waals surface area contributed by atoms with Gasteiger partial charge in [-0.2, -0.15) is 0 Å². The molecule has 0 spiro atoms. The lowest BCUT2D eigenvalue weighted by Crippen LogP contribution is -2.54. The highest BCUT2D eigenvalue weighted by atomic mass is 127. The van der Waals surface area contributed by atoms with E-state index in [1.54, 1.807) is 30.3 Å². The number of barbiturate groups is 1. The molecule has 0 atom stereocenters. The number of amides is 4. The van der Waals surface area contributed by atoms with E-state index in [1.165, 1.54) is 6.08 Å². The molecule has 1 aliphatic heterocycles. The molecule has 236 valence electrons. The zero-order valence-electron chi connectivity index (χ0n) is 25.8. The number of nitrogens with one attached hydrogen (secondary N) is 1. The molecule has 1 heterocycles. The Balaban J connectivity index is 1.24. The van der Waals surface area contributed by atoms with E-state index in [0.29, 0.717) is 48.3 Å². The Hall–Kier alpha value is -5.16. The van der Waals surface area contributed by atoms with E-state index < -0.39 is 17.8 Å². The Morgan fingerprint density at radius 3 is 2.32 bits per heavy atom. The van der Waals surface area contributed by atoms with Crippen molar-refractivity contribution < 1.29 is 28.6 Å². The lowest BCUT2D eigenvalue weighted by atomic mass is 10.0. The quantitative estimate of drug-likeness (QED) is 0.0888. The third-order valence-electron chi connectivity index (χ3n) is 7.72. The Morgan fingerprint density at radius 2 is 1.55 bits per heavy atom. The Bertz CT molecular complexity index is 2010. The first-order valence-corrected chi connectivity index (χ1v) is 16.1. The van der Waals surface area contributed by atoms with Gasteiger partial charge in [0.15, 0.2) is 11.5 Å². The zero-order valence-corrected chi connectivity index (χ0v) is 27.9. The molecule has 1 N–H and O–H groups in total. The molecule has 0 aliphatic carbocycles. The molecule has 0 unspecified atom stereocenters. The molecular weight excluding hydrogens is 707 g/mol. The van der Waals surface area contributed by atoms with Crippen LogP contribution in [0.2, 0.25) is 0 Å². The van der Waals surface area contributed by atoms with Crippen LogP contribution in [0.3, 0.4) is 0 Å². The van der Waals surface area contributed by atoms with Gasteiger partial charge in [0.25, 0.3) is 11.8 Å². The van der Waals surface area contributed by atoms with Crippen LogP contribution >= 0.6 is 22.6 Å². The Morgan fingerprint density at radius 1 is 0.809 bits per heavy atom. The molecule has 47 heavy (non-hydrogen) atoms. The minimum Gasteiger partial charge on any atom is -0.490 e. The van der Waals surface area contributed by atoms with Gasteiger partial charge in [0.2, 0.25) is 0 Å². The number of hydrogen-bond acceptors (Lipinski definition) is 6. The van der Waals surface area contributed by atoms with Crippen LogP contribution in [-0.2, 0) is 22.8 Å². The molecule has 1 saturated heterocycles. The second-order valence-electron chi connectivity index (χ2n) is 10.9. The van der Waals surface area contributed by atoms with Crippen molar-refractivity contribution >= 4 is 63.0 Å². The van der Waals surface area contributed by atoms with Gasteiger partial charge in [-0.3, -0.25) is 14.9 Å². The lowest BCUT2D eigenvalue weighted by Gasteiger charge is -2.26. The van der Waals surface area contributed by atoms with Gasteiger partial charge in [-0.25, -0.2) is 9.69 Å². The average Bonchev–Trinajstić information content (AvgIpc) is 3.07. The molecule has 0 aromatic heterocycles. The van der Waals surface area contributed by atoms with Gasteiger partial charge >= 0.3 is 6.03 Å². The molecule has 0 radical (unpaired) electrons. The normalized spacial score (nSPS) is 14.0. The number of benzene rings is 5. The fourth-order valence-electron chi connectivity index (χ4n) is 5.35. The van der Waals surface area contributed by atoms with Gasteiger partial charge in [-0.05, 0) is 106 Å². The summed E-state index contributed by atoms with van der Waals surface area (Å²) in [6.45, 7) is 5.02. The Labute approximate surface area is 286 Å². The van der Waals surface area contributed by atoms with E-state index in [4.69, 9.17) is 14.2 Å². The summed E-state index contributed by atoms with van der Waals surface area (Å²) in [5, 5.41) is 4.54. The number of hydrogen-bond donors (Lipinski definition) is 1. The number of anilines is 1. The molecule has 4 amide bonds. The second kappa shape index (κ2) is 14.1. The summed E-state index contributed by atoms with van der Waals surface area (Å²) in [7, 11) is 0. The number of fused-ring (bicyclic) bond motifs is 1. The van der Waals surface area contributed by atoms with Crippen LogP contribution < -0.4 is 24.4 Å². The highest BCUT2D eigenvalue weighted by molar-refractivity contribution is 14.1. The molecule has 9 heteroatoms. The molecule has 8 nitrogen and oxygen atoms in total. The van der Waals surface area contributed by atoms with Crippen molar-refractivity contribution in [3.05, 3.63) is 135 Å². The van der Waals surface area contributed by atoms with Gasteiger partial charge in [-0.15, -0.1) is 0 Å². The number of urea groups is 1. The minimum atomic E-state index is -0.827. The fraction of sp³-hybridized carbons (Fsp3) is 0.132. The molecular formula is C38H31IN2O6. The predicted octanol–water partition coefficient (Wildman–Crippen LogP) is 7.98. The first-order valence-electron chi connectivity index (χ1n) is 15.1. The smallest absolute Gasteiger partial charge is 0.335 e. The second-order valence-corrected chi connectivity index (χ2v) is 12.0. The van der Waals surface area contributed by atoms with Crippen LogP contribution in [0.15, 0.2) is 109 Å². The monoisotopic (exact) mass is 738 g/mol. The highest BCUT2D eigenvalue weighted by Crippen LogP contribution is 2.37. The topological polar surface area (TPSA) is 94.2 Å². The maximum atomic E-state index is 13.6. The van der Waals surface area contributed by atoms with Crippen LogP contribution in [-0.4, -0.2) is 24.5 Å². The molecule has 0 bridgehead atoms. The number of carbonyl (C=O) groups excluding carboxylic acids is 3.